The van der Waals surface area contributed by atoms with Crippen LogP contribution in [-0.4, -0.2) is 43.4 Å². The molecule has 0 unspecified atom stereocenters. The molecule has 1 aromatic heterocycles. The summed E-state index contributed by atoms with van der Waals surface area (Å²) in [6, 6.07) is 10.8. The molecule has 0 radical (unpaired) electrons. The van der Waals surface area contributed by atoms with Crippen LogP contribution in [0.5, 0.6) is 17.2 Å². The Morgan fingerprint density at radius 1 is 1.07 bits per heavy atom. The SMILES string of the molecule is CCN1C(=O)COc2ccc(-c3noc(-c4cc(OC)cc(OC)c4)n3)cc21. The minimum absolute atomic E-state index is 0.0459. The molecule has 0 fully saturated rings. The summed E-state index contributed by atoms with van der Waals surface area (Å²) in [5.74, 6) is 2.57. The molecule has 8 heteroatoms. The molecule has 3 aromatic rings. The second-order valence-corrected chi connectivity index (χ2v) is 6.13. The van der Waals surface area contributed by atoms with Gasteiger partial charge in [-0.2, -0.15) is 4.98 Å². The third-order valence-electron chi connectivity index (χ3n) is 4.50. The molecule has 8 nitrogen and oxygen atoms in total. The van der Waals surface area contributed by atoms with Gasteiger partial charge in [-0.3, -0.25) is 4.79 Å². The van der Waals surface area contributed by atoms with Crippen molar-refractivity contribution < 1.29 is 23.5 Å². The minimum Gasteiger partial charge on any atom is -0.497 e. The Balaban J connectivity index is 1.71. The largest absolute Gasteiger partial charge is 0.497 e. The van der Waals surface area contributed by atoms with Crippen molar-refractivity contribution in [3.8, 4) is 40.1 Å². The summed E-state index contributed by atoms with van der Waals surface area (Å²) in [5, 5.41) is 4.08. The molecule has 0 N–H and O–H groups in total. The number of anilines is 1. The molecule has 4 rings (SSSR count). The first kappa shape index (κ1) is 17.8. The van der Waals surface area contributed by atoms with E-state index in [1.165, 1.54) is 0 Å². The van der Waals surface area contributed by atoms with Gasteiger partial charge in [0.05, 0.1) is 19.9 Å². The standard InChI is InChI=1S/C20H19N3O5/c1-4-23-16-9-12(5-6-17(16)27-11-18(23)24)19-21-20(28-22-19)13-7-14(25-2)10-15(8-13)26-3/h5-10H,4,11H2,1-3H3. The second-order valence-electron chi connectivity index (χ2n) is 6.13. The maximum Gasteiger partial charge on any atom is 0.265 e. The molecule has 1 amide bonds. The van der Waals surface area contributed by atoms with Gasteiger partial charge in [-0.25, -0.2) is 0 Å². The van der Waals surface area contributed by atoms with Gasteiger partial charge in [0.2, 0.25) is 5.82 Å². The highest BCUT2D eigenvalue weighted by molar-refractivity contribution is 5.98. The number of ether oxygens (including phenoxy) is 3. The summed E-state index contributed by atoms with van der Waals surface area (Å²) < 4.78 is 21.5. The van der Waals surface area contributed by atoms with E-state index in [9.17, 15) is 4.79 Å². The third kappa shape index (κ3) is 3.13. The zero-order chi connectivity index (χ0) is 19.7. The lowest BCUT2D eigenvalue weighted by Gasteiger charge is -2.28. The Morgan fingerprint density at radius 3 is 2.50 bits per heavy atom. The number of nitrogens with zero attached hydrogens (tertiary/aromatic N) is 3. The first-order valence-electron chi connectivity index (χ1n) is 8.77. The summed E-state index contributed by atoms with van der Waals surface area (Å²) in [6.07, 6.45) is 0. The van der Waals surface area contributed by atoms with Crippen LogP contribution in [0.2, 0.25) is 0 Å². The molecule has 0 saturated carbocycles. The Hall–Kier alpha value is -3.55. The van der Waals surface area contributed by atoms with Crippen molar-refractivity contribution in [2.75, 3.05) is 32.3 Å². The van der Waals surface area contributed by atoms with Crippen LogP contribution in [0.25, 0.3) is 22.8 Å². The zero-order valence-electron chi connectivity index (χ0n) is 15.8. The van der Waals surface area contributed by atoms with Gasteiger partial charge in [0.25, 0.3) is 11.8 Å². The normalized spacial score (nSPS) is 13.1. The number of aromatic nitrogens is 2. The highest BCUT2D eigenvalue weighted by Crippen LogP contribution is 2.36. The lowest BCUT2D eigenvalue weighted by molar-refractivity contribution is -0.121. The average Bonchev–Trinajstić information content (AvgIpc) is 3.23. The van der Waals surface area contributed by atoms with Crippen molar-refractivity contribution in [2.24, 2.45) is 0 Å². The van der Waals surface area contributed by atoms with Crippen LogP contribution in [-0.2, 0) is 4.79 Å². The molecule has 0 bridgehead atoms. The van der Waals surface area contributed by atoms with Crippen LogP contribution in [0.3, 0.4) is 0 Å². The van der Waals surface area contributed by atoms with Gasteiger partial charge in [-0.15, -0.1) is 0 Å². The van der Waals surface area contributed by atoms with E-state index in [0.29, 0.717) is 46.8 Å². The van der Waals surface area contributed by atoms with Crippen LogP contribution < -0.4 is 19.1 Å². The second kappa shape index (κ2) is 7.22. The number of fused-ring (bicyclic) bond motifs is 1. The Kier molecular flexibility index (Phi) is 4.60. The topological polar surface area (TPSA) is 86.9 Å². The molecule has 0 saturated heterocycles. The molecule has 2 aromatic carbocycles. The molecule has 0 spiro atoms. The number of hydrogen-bond donors (Lipinski definition) is 0. The van der Waals surface area contributed by atoms with E-state index < -0.39 is 0 Å². The van der Waals surface area contributed by atoms with Gasteiger partial charge in [-0.1, -0.05) is 5.16 Å². The van der Waals surface area contributed by atoms with Crippen molar-refractivity contribution in [1.29, 1.82) is 0 Å². The number of carbonyl (C=O) groups excluding carboxylic acids is 1. The average molecular weight is 381 g/mol. The molecular weight excluding hydrogens is 362 g/mol. The maximum atomic E-state index is 12.1. The highest BCUT2D eigenvalue weighted by Gasteiger charge is 2.25. The van der Waals surface area contributed by atoms with Crippen molar-refractivity contribution in [2.45, 2.75) is 6.92 Å². The fourth-order valence-corrected chi connectivity index (χ4v) is 3.08. The number of benzene rings is 2. The Morgan fingerprint density at radius 2 is 1.82 bits per heavy atom. The summed E-state index contributed by atoms with van der Waals surface area (Å²) in [6.45, 7) is 2.52. The van der Waals surface area contributed by atoms with Crippen molar-refractivity contribution in [3.05, 3.63) is 36.4 Å². The predicted molar refractivity (Wildman–Crippen MR) is 102 cm³/mol. The van der Waals surface area contributed by atoms with Crippen molar-refractivity contribution in [3.63, 3.8) is 0 Å². The number of methoxy groups -OCH3 is 2. The molecule has 1 aliphatic heterocycles. The van der Waals surface area contributed by atoms with Crippen LogP contribution >= 0.6 is 0 Å². The number of likely N-dealkylation sites (N-methyl/N-ethyl adjacent to an activating group) is 1. The number of amides is 1. The summed E-state index contributed by atoms with van der Waals surface area (Å²) >= 11 is 0. The van der Waals surface area contributed by atoms with Gasteiger partial charge in [0.1, 0.15) is 17.2 Å². The maximum absolute atomic E-state index is 12.1. The zero-order valence-corrected chi connectivity index (χ0v) is 15.8. The molecule has 144 valence electrons. The summed E-state index contributed by atoms with van der Waals surface area (Å²) in [7, 11) is 3.15. The molecular formula is C20H19N3O5. The van der Waals surface area contributed by atoms with E-state index in [4.69, 9.17) is 18.7 Å². The summed E-state index contributed by atoms with van der Waals surface area (Å²) in [4.78, 5) is 18.2. The van der Waals surface area contributed by atoms with E-state index in [0.717, 1.165) is 5.56 Å². The lowest BCUT2D eigenvalue weighted by atomic mass is 10.1. The minimum atomic E-state index is -0.0792. The monoisotopic (exact) mass is 381 g/mol. The van der Waals surface area contributed by atoms with Crippen LogP contribution in [0, 0.1) is 0 Å². The van der Waals surface area contributed by atoms with E-state index in [-0.39, 0.29) is 12.5 Å². The van der Waals surface area contributed by atoms with E-state index in [2.05, 4.69) is 10.1 Å². The smallest absolute Gasteiger partial charge is 0.265 e. The van der Waals surface area contributed by atoms with E-state index in [1.54, 1.807) is 37.3 Å². The molecule has 0 aliphatic carbocycles. The van der Waals surface area contributed by atoms with E-state index >= 15 is 0 Å². The molecule has 0 atom stereocenters. The molecule has 28 heavy (non-hydrogen) atoms. The Bertz CT molecular complexity index is 1010. The lowest BCUT2D eigenvalue weighted by Crippen LogP contribution is -2.38. The molecule has 1 aliphatic rings. The van der Waals surface area contributed by atoms with Gasteiger partial charge in [0, 0.05) is 23.7 Å². The van der Waals surface area contributed by atoms with Gasteiger partial charge < -0.3 is 23.6 Å². The van der Waals surface area contributed by atoms with Gasteiger partial charge in [0.15, 0.2) is 6.61 Å². The third-order valence-corrected chi connectivity index (χ3v) is 4.50. The number of carbonyl (C=O) groups is 1. The van der Waals surface area contributed by atoms with Gasteiger partial charge in [-0.05, 0) is 37.3 Å². The number of rotatable bonds is 5. The number of hydrogen-bond acceptors (Lipinski definition) is 7. The van der Waals surface area contributed by atoms with E-state index in [1.807, 2.05) is 25.1 Å². The highest BCUT2D eigenvalue weighted by atomic mass is 16.5. The molecule has 2 heterocycles. The van der Waals surface area contributed by atoms with Gasteiger partial charge >= 0.3 is 0 Å². The predicted octanol–water partition coefficient (Wildman–Crippen LogP) is 3.17. The first-order chi connectivity index (χ1) is 13.6. The summed E-state index contributed by atoms with van der Waals surface area (Å²) in [5.41, 5.74) is 2.10. The van der Waals surface area contributed by atoms with Crippen molar-refractivity contribution in [1.82, 2.24) is 10.1 Å². The van der Waals surface area contributed by atoms with Crippen LogP contribution in [0.15, 0.2) is 40.9 Å². The first-order valence-corrected chi connectivity index (χ1v) is 8.77. The fourth-order valence-electron chi connectivity index (χ4n) is 3.08. The van der Waals surface area contributed by atoms with Crippen molar-refractivity contribution >= 4 is 11.6 Å². The van der Waals surface area contributed by atoms with Crippen LogP contribution in [0.4, 0.5) is 5.69 Å². The van der Waals surface area contributed by atoms with Crippen LogP contribution in [0.1, 0.15) is 6.92 Å². The quantitative estimate of drug-likeness (QED) is 0.671. The Labute approximate surface area is 161 Å². The fraction of sp³-hybridized carbons (Fsp3) is 0.250.